The van der Waals surface area contributed by atoms with E-state index in [-0.39, 0.29) is 24.4 Å². The number of esters is 2. The first-order chi connectivity index (χ1) is 20.0. The summed E-state index contributed by atoms with van der Waals surface area (Å²) in [6.07, 6.45) is 13.4. The summed E-state index contributed by atoms with van der Waals surface area (Å²) in [7, 11) is 0. The normalized spacial score (nSPS) is 11.9. The van der Waals surface area contributed by atoms with Crippen LogP contribution in [0.3, 0.4) is 0 Å². The molecule has 0 aliphatic carbocycles. The highest BCUT2D eigenvalue weighted by atomic mass is 16.5. The molecule has 0 saturated heterocycles. The van der Waals surface area contributed by atoms with Crippen molar-refractivity contribution in [1.82, 2.24) is 0 Å². The minimum atomic E-state index is -0.457. The Hall–Kier alpha value is -3.22. The number of hydrogen-bond donors (Lipinski definition) is 2. The summed E-state index contributed by atoms with van der Waals surface area (Å²) in [4.78, 5) is 23.8. The molecular formula is C35H48O6. The number of aliphatic hydroxyl groups excluding tert-OH is 2. The van der Waals surface area contributed by atoms with Crippen molar-refractivity contribution in [2.75, 3.05) is 26.4 Å². The van der Waals surface area contributed by atoms with Gasteiger partial charge in [0.15, 0.2) is 0 Å². The van der Waals surface area contributed by atoms with Gasteiger partial charge in [0, 0.05) is 0 Å². The van der Waals surface area contributed by atoms with Crippen molar-refractivity contribution in [3.05, 3.63) is 82.5 Å². The monoisotopic (exact) mass is 564 g/mol. The molecule has 0 amide bonds. The molecule has 0 aliphatic heterocycles. The van der Waals surface area contributed by atoms with Gasteiger partial charge in [0.05, 0.1) is 37.6 Å². The van der Waals surface area contributed by atoms with E-state index in [0.29, 0.717) is 13.2 Å². The van der Waals surface area contributed by atoms with Crippen molar-refractivity contribution < 1.29 is 29.3 Å². The summed E-state index contributed by atoms with van der Waals surface area (Å²) in [5, 5.41) is 18.4. The maximum absolute atomic E-state index is 12.0. The molecule has 0 fully saturated rings. The number of hydrogen-bond acceptors (Lipinski definition) is 6. The van der Waals surface area contributed by atoms with Gasteiger partial charge in [0.1, 0.15) is 0 Å². The molecule has 41 heavy (non-hydrogen) atoms. The van der Waals surface area contributed by atoms with Crippen LogP contribution < -0.4 is 0 Å². The van der Waals surface area contributed by atoms with Crippen molar-refractivity contribution in [2.24, 2.45) is 0 Å². The quantitative estimate of drug-likeness (QED) is 0.112. The lowest BCUT2D eigenvalue weighted by molar-refractivity contribution is -0.140. The molecule has 0 unspecified atom stereocenters. The molecule has 6 heteroatoms. The Balaban J connectivity index is 2.01. The number of aliphatic hydroxyl groups is 2. The lowest BCUT2D eigenvalue weighted by Crippen LogP contribution is -2.12. The zero-order valence-electron chi connectivity index (χ0n) is 25.1. The van der Waals surface area contributed by atoms with E-state index >= 15 is 0 Å². The van der Waals surface area contributed by atoms with Crippen LogP contribution in [0.4, 0.5) is 0 Å². The average Bonchev–Trinajstić information content (AvgIpc) is 2.99. The molecule has 0 heterocycles. The molecule has 0 radical (unpaired) electrons. The van der Waals surface area contributed by atoms with Gasteiger partial charge in [-0.15, -0.1) is 0 Å². The van der Waals surface area contributed by atoms with Crippen molar-refractivity contribution in [1.29, 1.82) is 0 Å². The summed E-state index contributed by atoms with van der Waals surface area (Å²) in [6.45, 7) is 5.68. The molecular weight excluding hydrogens is 516 g/mol. The Kier molecular flexibility index (Phi) is 16.4. The smallest absolute Gasteiger partial charge is 0.336 e. The Morgan fingerprint density at radius 1 is 0.683 bits per heavy atom. The van der Waals surface area contributed by atoms with Gasteiger partial charge in [-0.2, -0.15) is 0 Å². The van der Waals surface area contributed by atoms with Gasteiger partial charge in [0.25, 0.3) is 0 Å². The first-order valence-corrected chi connectivity index (χ1v) is 15.0. The van der Waals surface area contributed by atoms with Gasteiger partial charge in [-0.1, -0.05) is 87.2 Å². The predicted molar refractivity (Wildman–Crippen MR) is 165 cm³/mol. The summed E-state index contributed by atoms with van der Waals surface area (Å²) >= 11 is 0. The van der Waals surface area contributed by atoms with Crippen LogP contribution in [0.15, 0.2) is 65.8 Å². The maximum Gasteiger partial charge on any atom is 0.336 e. The zero-order chi connectivity index (χ0) is 29.9. The highest BCUT2D eigenvalue weighted by Crippen LogP contribution is 2.28. The predicted octanol–water partition coefficient (Wildman–Crippen LogP) is 6.70. The van der Waals surface area contributed by atoms with E-state index in [1.807, 2.05) is 0 Å². The third-order valence-corrected chi connectivity index (χ3v) is 7.23. The van der Waals surface area contributed by atoms with E-state index in [1.54, 1.807) is 26.0 Å². The Morgan fingerprint density at radius 3 is 1.76 bits per heavy atom. The number of unbranched alkanes of at least 4 members (excludes halogenated alkanes) is 4. The Morgan fingerprint density at radius 2 is 1.22 bits per heavy atom. The molecule has 6 nitrogen and oxygen atoms in total. The van der Waals surface area contributed by atoms with Gasteiger partial charge in [-0.3, -0.25) is 0 Å². The second-order valence-corrected chi connectivity index (χ2v) is 10.3. The molecule has 0 spiro atoms. The molecule has 2 N–H and O–H groups in total. The van der Waals surface area contributed by atoms with Crippen molar-refractivity contribution in [3.63, 3.8) is 0 Å². The highest BCUT2D eigenvalue weighted by molar-refractivity contribution is 5.89. The summed E-state index contributed by atoms with van der Waals surface area (Å²) in [5.41, 5.74) is 6.77. The second kappa shape index (κ2) is 19.8. The molecule has 2 aromatic carbocycles. The molecule has 0 aromatic heterocycles. The largest absolute Gasteiger partial charge is 0.462 e. The van der Waals surface area contributed by atoms with Gasteiger partial charge in [-0.25, -0.2) is 9.59 Å². The molecule has 2 rings (SSSR count). The number of allylic oxidation sites excluding steroid dienone is 2. The number of rotatable bonds is 19. The van der Waals surface area contributed by atoms with Crippen LogP contribution in [0.5, 0.6) is 0 Å². The fourth-order valence-corrected chi connectivity index (χ4v) is 4.68. The molecule has 0 aliphatic rings. The first kappa shape index (κ1) is 34.0. The van der Waals surface area contributed by atoms with Crippen LogP contribution in [0.25, 0.3) is 11.1 Å². The van der Waals surface area contributed by atoms with Crippen LogP contribution in [0.2, 0.25) is 0 Å². The van der Waals surface area contributed by atoms with E-state index in [2.05, 4.69) is 49.4 Å². The van der Waals surface area contributed by atoms with Crippen LogP contribution in [-0.2, 0) is 38.3 Å². The number of carbonyl (C=O) groups excluding carboxylic acids is 2. The highest BCUT2D eigenvalue weighted by Gasteiger charge is 2.11. The van der Waals surface area contributed by atoms with Crippen LogP contribution >= 0.6 is 0 Å². The van der Waals surface area contributed by atoms with E-state index < -0.39 is 11.9 Å². The minimum Gasteiger partial charge on any atom is -0.462 e. The van der Waals surface area contributed by atoms with Crippen molar-refractivity contribution >= 4 is 11.9 Å². The molecule has 0 atom stereocenters. The number of ether oxygens (including phenoxy) is 2. The number of benzene rings is 2. The van der Waals surface area contributed by atoms with Crippen LogP contribution in [-0.4, -0.2) is 48.6 Å². The third-order valence-electron chi connectivity index (χ3n) is 7.23. The van der Waals surface area contributed by atoms with E-state index in [9.17, 15) is 19.8 Å². The van der Waals surface area contributed by atoms with Gasteiger partial charge in [0.2, 0.25) is 0 Å². The molecule has 2 aromatic rings. The topological polar surface area (TPSA) is 93.1 Å². The SMILES string of the molecule is C/C=C(\CO)C(=O)OCCCc1ccc(-c2ccc(CCCOC(=O)/C(=C/C)CO)cc2CCCCCCC)cc1. The lowest BCUT2D eigenvalue weighted by atomic mass is 9.92. The minimum absolute atomic E-state index is 0.283. The number of carbonyl (C=O) groups is 2. The zero-order valence-corrected chi connectivity index (χ0v) is 25.1. The fourth-order valence-electron chi connectivity index (χ4n) is 4.68. The Bertz CT molecular complexity index is 1130. The summed E-state index contributed by atoms with van der Waals surface area (Å²) in [5.74, 6) is -0.909. The van der Waals surface area contributed by atoms with Crippen LogP contribution in [0, 0.1) is 0 Å². The number of aryl methyl sites for hydroxylation is 3. The Labute approximate surface area is 246 Å². The van der Waals surface area contributed by atoms with E-state index in [4.69, 9.17) is 9.47 Å². The fraction of sp³-hybridized carbons (Fsp3) is 0.486. The summed E-state index contributed by atoms with van der Waals surface area (Å²) < 4.78 is 10.6. The lowest BCUT2D eigenvalue weighted by Gasteiger charge is -2.14. The molecule has 0 bridgehead atoms. The van der Waals surface area contributed by atoms with Gasteiger partial charge in [-0.05, 0) is 80.2 Å². The molecule has 0 saturated carbocycles. The van der Waals surface area contributed by atoms with E-state index in [0.717, 1.165) is 38.5 Å². The maximum atomic E-state index is 12.0. The van der Waals surface area contributed by atoms with Crippen molar-refractivity contribution in [2.45, 2.75) is 85.0 Å². The van der Waals surface area contributed by atoms with Crippen molar-refractivity contribution in [3.8, 4) is 11.1 Å². The summed E-state index contributed by atoms with van der Waals surface area (Å²) in [6, 6.07) is 15.3. The standard InChI is InChI=1S/C35H48O6/c1-4-7-8-9-10-15-32-24-28(14-12-23-41-35(39)30(6-3)26-37)18-21-33(32)31-19-16-27(17-20-31)13-11-22-40-34(38)29(5-2)25-36/h5-6,16-21,24,36-37H,4,7-15,22-23,25-26H2,1-3H3/b29-5+,30-6+. The van der Waals surface area contributed by atoms with Gasteiger partial charge < -0.3 is 19.7 Å². The average molecular weight is 565 g/mol. The third kappa shape index (κ3) is 12.0. The van der Waals surface area contributed by atoms with Crippen LogP contribution in [0.1, 0.15) is 82.4 Å². The molecule has 224 valence electrons. The van der Waals surface area contributed by atoms with Gasteiger partial charge >= 0.3 is 11.9 Å². The van der Waals surface area contributed by atoms with E-state index in [1.165, 1.54) is 53.5 Å². The first-order valence-electron chi connectivity index (χ1n) is 15.0. The second-order valence-electron chi connectivity index (χ2n) is 10.3.